The van der Waals surface area contributed by atoms with E-state index in [0.29, 0.717) is 12.5 Å². The van der Waals surface area contributed by atoms with E-state index >= 15 is 0 Å². The molecule has 1 aromatic carbocycles. The van der Waals surface area contributed by atoms with Crippen LogP contribution in [0.5, 0.6) is 0 Å². The lowest BCUT2D eigenvalue weighted by molar-refractivity contribution is 0.380. The van der Waals surface area contributed by atoms with Crippen LogP contribution in [0.1, 0.15) is 42.8 Å². The van der Waals surface area contributed by atoms with Crippen LogP contribution in [-0.4, -0.2) is 37.8 Å². The maximum Gasteiger partial charge on any atom is 0.191 e. The highest BCUT2D eigenvalue weighted by atomic mass is 127. The van der Waals surface area contributed by atoms with Crippen molar-refractivity contribution in [3.8, 4) is 0 Å². The van der Waals surface area contributed by atoms with Gasteiger partial charge in [-0.25, -0.2) is 0 Å². The minimum atomic E-state index is 0. The van der Waals surface area contributed by atoms with Gasteiger partial charge in [-0.1, -0.05) is 36.7 Å². The Kier molecular flexibility index (Phi) is 9.74. The molecule has 1 aliphatic rings. The lowest BCUT2D eigenvalue weighted by Crippen LogP contribution is -2.40. The third-order valence-corrected chi connectivity index (χ3v) is 5.85. The van der Waals surface area contributed by atoms with Crippen molar-refractivity contribution in [2.45, 2.75) is 46.6 Å². The summed E-state index contributed by atoms with van der Waals surface area (Å²) in [6, 6.07) is 6.12. The molecule has 2 N–H and O–H groups in total. The number of nitrogens with one attached hydrogen (secondary N) is 2. The summed E-state index contributed by atoms with van der Waals surface area (Å²) in [4.78, 5) is 6.81. The summed E-state index contributed by atoms with van der Waals surface area (Å²) in [7, 11) is 1.81. The molecule has 0 amide bonds. The normalized spacial score (nSPS) is 16.5. The molecule has 3 rings (SSSR count). The Balaban J connectivity index is 0.00000320. The number of aliphatic imine (C=N–C) groups is 1. The van der Waals surface area contributed by atoms with E-state index < -0.39 is 0 Å². The molecule has 0 bridgehead atoms. The zero-order chi connectivity index (χ0) is 20.8. The maximum absolute atomic E-state index is 6.20. The molecule has 1 aromatic heterocycles. The van der Waals surface area contributed by atoms with Gasteiger partial charge in [0.1, 0.15) is 5.76 Å². The van der Waals surface area contributed by atoms with Gasteiger partial charge in [0.25, 0.3) is 0 Å². The van der Waals surface area contributed by atoms with E-state index in [9.17, 15) is 0 Å². The van der Waals surface area contributed by atoms with E-state index in [0.717, 1.165) is 66.9 Å². The molecule has 0 radical (unpaired) electrons. The molecule has 0 spiro atoms. The number of aromatic nitrogens is 1. The van der Waals surface area contributed by atoms with Crippen molar-refractivity contribution in [2.75, 3.05) is 31.6 Å². The standard InChI is InChI=1S/C22H32ClN5O.HI/c1-5-19-18(21(6-2)29-27-19)13-26-22(24-4)25-12-16-9-10-28(14-16)20-11-17(23)8-7-15(20)3;/h7-8,11,16H,5-6,9-10,12-14H2,1-4H3,(H2,24,25,26);1H. The molecular weight excluding hydrogens is 513 g/mol. The van der Waals surface area contributed by atoms with Crippen LogP contribution in [0.15, 0.2) is 27.7 Å². The van der Waals surface area contributed by atoms with E-state index in [2.05, 4.69) is 58.6 Å². The van der Waals surface area contributed by atoms with Crippen molar-refractivity contribution >= 4 is 47.2 Å². The molecule has 6 nitrogen and oxygen atoms in total. The monoisotopic (exact) mass is 545 g/mol. The Morgan fingerprint density at radius 2 is 2.10 bits per heavy atom. The van der Waals surface area contributed by atoms with Crippen LogP contribution in [0.2, 0.25) is 5.02 Å². The second kappa shape index (κ2) is 11.8. The van der Waals surface area contributed by atoms with Crippen LogP contribution in [-0.2, 0) is 19.4 Å². The Morgan fingerprint density at radius 1 is 1.30 bits per heavy atom. The van der Waals surface area contributed by atoms with Crippen LogP contribution in [0.25, 0.3) is 0 Å². The molecule has 1 unspecified atom stereocenters. The topological polar surface area (TPSA) is 65.7 Å². The average molecular weight is 546 g/mol. The molecule has 1 fully saturated rings. The zero-order valence-corrected chi connectivity index (χ0v) is 21.4. The van der Waals surface area contributed by atoms with Crippen molar-refractivity contribution < 1.29 is 4.52 Å². The van der Waals surface area contributed by atoms with E-state index in [-0.39, 0.29) is 24.0 Å². The second-order valence-corrected chi connectivity index (χ2v) is 8.01. The summed E-state index contributed by atoms with van der Waals surface area (Å²) in [5.74, 6) is 2.33. The summed E-state index contributed by atoms with van der Waals surface area (Å²) < 4.78 is 5.45. The molecule has 0 saturated carbocycles. The van der Waals surface area contributed by atoms with E-state index in [4.69, 9.17) is 16.1 Å². The van der Waals surface area contributed by atoms with E-state index in [1.54, 1.807) is 7.05 Å². The van der Waals surface area contributed by atoms with Gasteiger partial charge in [-0.3, -0.25) is 4.99 Å². The summed E-state index contributed by atoms with van der Waals surface area (Å²) in [5.41, 5.74) is 4.69. The highest BCUT2D eigenvalue weighted by molar-refractivity contribution is 14.0. The zero-order valence-electron chi connectivity index (χ0n) is 18.3. The average Bonchev–Trinajstić information content (AvgIpc) is 3.36. The van der Waals surface area contributed by atoms with Gasteiger partial charge in [0.15, 0.2) is 5.96 Å². The van der Waals surface area contributed by atoms with Crippen molar-refractivity contribution in [1.29, 1.82) is 0 Å². The predicted molar refractivity (Wildman–Crippen MR) is 135 cm³/mol. The number of rotatable bonds is 7. The molecule has 2 aromatic rings. The quantitative estimate of drug-likeness (QED) is 0.303. The first-order valence-corrected chi connectivity index (χ1v) is 10.8. The van der Waals surface area contributed by atoms with Crippen molar-refractivity contribution in [1.82, 2.24) is 15.8 Å². The van der Waals surface area contributed by atoms with Gasteiger partial charge in [0.05, 0.1) is 5.69 Å². The van der Waals surface area contributed by atoms with Gasteiger partial charge in [-0.05, 0) is 43.4 Å². The van der Waals surface area contributed by atoms with E-state index in [1.165, 1.54) is 11.3 Å². The molecule has 2 heterocycles. The summed E-state index contributed by atoms with van der Waals surface area (Å²) in [6.07, 6.45) is 2.87. The molecule has 0 aliphatic carbocycles. The molecular formula is C22H33ClIN5O. The summed E-state index contributed by atoms with van der Waals surface area (Å²) in [6.45, 7) is 9.97. The van der Waals surface area contributed by atoms with Gasteiger partial charge >= 0.3 is 0 Å². The van der Waals surface area contributed by atoms with Crippen LogP contribution >= 0.6 is 35.6 Å². The van der Waals surface area contributed by atoms with Gasteiger partial charge in [-0.15, -0.1) is 24.0 Å². The molecule has 1 saturated heterocycles. The second-order valence-electron chi connectivity index (χ2n) is 7.58. The Bertz CT molecular complexity index is 833. The minimum Gasteiger partial charge on any atom is -0.371 e. The Hall–Kier alpha value is -1.48. The molecule has 1 atom stereocenters. The number of hydrogen-bond donors (Lipinski definition) is 2. The fourth-order valence-corrected chi connectivity index (χ4v) is 4.08. The lowest BCUT2D eigenvalue weighted by atomic mass is 10.1. The van der Waals surface area contributed by atoms with E-state index in [1.807, 2.05) is 6.07 Å². The highest BCUT2D eigenvalue weighted by Gasteiger charge is 2.24. The molecule has 166 valence electrons. The SMILES string of the molecule is CCc1noc(CC)c1CNC(=NC)NCC1CCN(c2cc(Cl)ccc2C)C1.I. The van der Waals surface area contributed by atoms with Gasteiger partial charge in [0, 0.05) is 55.9 Å². The van der Waals surface area contributed by atoms with Crippen LogP contribution in [0.4, 0.5) is 5.69 Å². The maximum atomic E-state index is 6.20. The largest absolute Gasteiger partial charge is 0.371 e. The first kappa shape index (κ1) is 24.8. The number of hydrogen-bond acceptors (Lipinski definition) is 4. The Labute approximate surface area is 201 Å². The van der Waals surface area contributed by atoms with Gasteiger partial charge in [0.2, 0.25) is 0 Å². The van der Waals surface area contributed by atoms with Crippen molar-refractivity contribution in [3.63, 3.8) is 0 Å². The summed E-state index contributed by atoms with van der Waals surface area (Å²) >= 11 is 6.20. The minimum absolute atomic E-state index is 0. The fourth-order valence-electron chi connectivity index (χ4n) is 3.91. The lowest BCUT2D eigenvalue weighted by Gasteiger charge is -2.21. The number of anilines is 1. The number of guanidine groups is 1. The summed E-state index contributed by atoms with van der Waals surface area (Å²) in [5, 5.41) is 11.9. The van der Waals surface area contributed by atoms with Crippen LogP contribution < -0.4 is 15.5 Å². The number of nitrogens with zero attached hydrogens (tertiary/aromatic N) is 3. The van der Waals surface area contributed by atoms with Crippen molar-refractivity contribution in [2.24, 2.45) is 10.9 Å². The van der Waals surface area contributed by atoms with Gasteiger partial charge in [-0.2, -0.15) is 0 Å². The first-order chi connectivity index (χ1) is 14.0. The third-order valence-electron chi connectivity index (χ3n) is 5.62. The first-order valence-electron chi connectivity index (χ1n) is 10.5. The van der Waals surface area contributed by atoms with Crippen LogP contribution in [0.3, 0.4) is 0 Å². The van der Waals surface area contributed by atoms with Gasteiger partial charge < -0.3 is 20.1 Å². The Morgan fingerprint density at radius 3 is 2.80 bits per heavy atom. The highest BCUT2D eigenvalue weighted by Crippen LogP contribution is 2.29. The molecule has 30 heavy (non-hydrogen) atoms. The number of halogens is 2. The smallest absolute Gasteiger partial charge is 0.191 e. The fraction of sp³-hybridized carbons (Fsp3) is 0.545. The van der Waals surface area contributed by atoms with Crippen LogP contribution in [0, 0.1) is 12.8 Å². The predicted octanol–water partition coefficient (Wildman–Crippen LogP) is 4.57. The number of benzene rings is 1. The molecule has 1 aliphatic heterocycles. The number of aryl methyl sites for hydroxylation is 3. The third kappa shape index (κ3) is 6.03. The van der Waals surface area contributed by atoms with Crippen molar-refractivity contribution in [3.05, 3.63) is 45.8 Å². The molecule has 8 heteroatoms.